The third kappa shape index (κ3) is 5.36. The van der Waals surface area contributed by atoms with Gasteiger partial charge in [-0.15, -0.1) is 11.3 Å². The van der Waals surface area contributed by atoms with Gasteiger partial charge in [0, 0.05) is 42.6 Å². The second kappa shape index (κ2) is 12.6. The molecule has 0 spiro atoms. The molecule has 0 radical (unpaired) electrons. The van der Waals surface area contributed by atoms with Gasteiger partial charge in [0.05, 0.1) is 0 Å². The van der Waals surface area contributed by atoms with E-state index in [1.54, 1.807) is 0 Å². The van der Waals surface area contributed by atoms with Crippen LogP contribution in [0.1, 0.15) is 43.4 Å². The Kier molecular flexibility index (Phi) is 7.56. The van der Waals surface area contributed by atoms with Crippen molar-refractivity contribution in [2.75, 3.05) is 4.90 Å². The molecule has 2 aliphatic rings. The molecule has 2 aliphatic carbocycles. The van der Waals surface area contributed by atoms with Crippen LogP contribution in [0, 0.1) is 0 Å². The normalized spacial score (nSPS) is 14.3. The highest BCUT2D eigenvalue weighted by molar-refractivity contribution is 7.25. The summed E-state index contributed by atoms with van der Waals surface area (Å²) in [7, 11) is 0. The highest BCUT2D eigenvalue weighted by Gasteiger charge is 2.35. The lowest BCUT2D eigenvalue weighted by atomic mass is 9.81. The second-order valence-electron chi connectivity index (χ2n) is 14.8. The van der Waals surface area contributed by atoms with Gasteiger partial charge in [-0.25, -0.2) is 0 Å². The zero-order chi connectivity index (χ0) is 35.5. The summed E-state index contributed by atoms with van der Waals surface area (Å²) in [6.45, 7) is 4.74. The monoisotopic (exact) mass is 697 g/mol. The quantitative estimate of drug-likeness (QED) is 0.167. The Balaban J connectivity index is 0.988. The molecule has 0 bridgehead atoms. The number of benzene rings is 7. The number of hydrogen-bond acceptors (Lipinski definition) is 2. The van der Waals surface area contributed by atoms with Crippen molar-refractivity contribution in [3.8, 4) is 33.4 Å². The first kappa shape index (κ1) is 31.7. The van der Waals surface area contributed by atoms with Gasteiger partial charge in [-0.2, -0.15) is 0 Å². The third-order valence-electron chi connectivity index (χ3n) is 11.3. The van der Waals surface area contributed by atoms with Crippen LogP contribution in [0.15, 0.2) is 176 Å². The van der Waals surface area contributed by atoms with Gasteiger partial charge in [0.15, 0.2) is 0 Å². The number of allylic oxidation sites excluding steroid dienone is 4. The predicted molar refractivity (Wildman–Crippen MR) is 229 cm³/mol. The van der Waals surface area contributed by atoms with E-state index in [1.807, 2.05) is 11.3 Å². The van der Waals surface area contributed by atoms with Crippen molar-refractivity contribution < 1.29 is 0 Å². The molecule has 1 heterocycles. The summed E-state index contributed by atoms with van der Waals surface area (Å²) < 4.78 is 2.66. The van der Waals surface area contributed by atoms with Crippen molar-refractivity contribution in [1.82, 2.24) is 0 Å². The lowest BCUT2D eigenvalue weighted by Crippen LogP contribution is -2.15. The van der Waals surface area contributed by atoms with Crippen LogP contribution in [0.2, 0.25) is 0 Å². The highest BCUT2D eigenvalue weighted by atomic mass is 32.1. The Morgan fingerprint density at radius 1 is 0.491 bits per heavy atom. The maximum absolute atomic E-state index is 2.43. The van der Waals surface area contributed by atoms with Gasteiger partial charge < -0.3 is 4.90 Å². The summed E-state index contributed by atoms with van der Waals surface area (Å²) in [5, 5.41) is 2.67. The van der Waals surface area contributed by atoms with Crippen LogP contribution in [-0.4, -0.2) is 0 Å². The van der Waals surface area contributed by atoms with Gasteiger partial charge in [-0.05, 0) is 129 Å². The van der Waals surface area contributed by atoms with Gasteiger partial charge >= 0.3 is 0 Å². The average Bonchev–Trinajstić information content (AvgIpc) is 3.71. The van der Waals surface area contributed by atoms with Crippen LogP contribution in [0.4, 0.5) is 17.1 Å². The number of thiophene rings is 1. The molecule has 0 atom stereocenters. The van der Waals surface area contributed by atoms with Gasteiger partial charge in [0.1, 0.15) is 0 Å². The van der Waals surface area contributed by atoms with Crippen molar-refractivity contribution in [3.05, 3.63) is 193 Å². The van der Waals surface area contributed by atoms with E-state index >= 15 is 0 Å². The van der Waals surface area contributed by atoms with Gasteiger partial charge in [0.25, 0.3) is 0 Å². The fourth-order valence-corrected chi connectivity index (χ4v) is 9.70. The molecule has 0 unspecified atom stereocenters. The lowest BCUT2D eigenvalue weighted by Gasteiger charge is -2.26. The summed E-state index contributed by atoms with van der Waals surface area (Å²) in [6.07, 6.45) is 9.21. The first-order chi connectivity index (χ1) is 26.0. The molecule has 10 rings (SSSR count). The summed E-state index contributed by atoms with van der Waals surface area (Å²) >= 11 is 1.87. The molecule has 0 amide bonds. The molecular formula is C51H39NS. The van der Waals surface area contributed by atoms with E-state index in [4.69, 9.17) is 0 Å². The highest BCUT2D eigenvalue weighted by Crippen LogP contribution is 2.51. The topological polar surface area (TPSA) is 3.24 Å². The number of hydrogen-bond donors (Lipinski definition) is 0. The maximum atomic E-state index is 2.43. The summed E-state index contributed by atoms with van der Waals surface area (Å²) in [5.74, 6) is 0. The lowest BCUT2D eigenvalue weighted by molar-refractivity contribution is 0.660. The SMILES string of the molecule is CC1(C)c2ccc(-c3ccc(N(c4ccccc4)c4ccc(-c5cccc6sc7ccccc7c56)cc4)cc3)cc2-c2ccc(C3=CCCC=C3)cc21. The van der Waals surface area contributed by atoms with Crippen molar-refractivity contribution in [2.45, 2.75) is 32.1 Å². The van der Waals surface area contributed by atoms with Crippen LogP contribution < -0.4 is 4.90 Å². The van der Waals surface area contributed by atoms with Crippen LogP contribution in [0.5, 0.6) is 0 Å². The fraction of sp³-hybridized carbons (Fsp3) is 0.0980. The van der Waals surface area contributed by atoms with E-state index in [2.05, 4.69) is 195 Å². The van der Waals surface area contributed by atoms with Crippen LogP contribution in [-0.2, 0) is 5.41 Å². The number of nitrogens with zero attached hydrogens (tertiary/aromatic N) is 1. The smallest absolute Gasteiger partial charge is 0.0462 e. The van der Waals surface area contributed by atoms with E-state index in [1.165, 1.54) is 75.8 Å². The third-order valence-corrected chi connectivity index (χ3v) is 12.5. The number of rotatable bonds is 6. The van der Waals surface area contributed by atoms with Crippen LogP contribution in [0.25, 0.3) is 59.1 Å². The molecule has 1 nitrogen and oxygen atoms in total. The molecular weight excluding hydrogens is 659 g/mol. The van der Waals surface area contributed by atoms with Crippen molar-refractivity contribution >= 4 is 54.1 Å². The van der Waals surface area contributed by atoms with E-state index < -0.39 is 0 Å². The summed E-state index contributed by atoms with van der Waals surface area (Å²) in [5.41, 5.74) is 16.5. The molecule has 2 heteroatoms. The zero-order valence-electron chi connectivity index (χ0n) is 30.0. The second-order valence-corrected chi connectivity index (χ2v) is 15.9. The zero-order valence-corrected chi connectivity index (χ0v) is 30.8. The molecule has 254 valence electrons. The Morgan fingerprint density at radius 2 is 1.17 bits per heavy atom. The standard InChI is InChI=1S/C51H39NS/c1-51(2)46-31-25-37(32-45(46)43-30-24-38(33-47(43)51)34-12-5-3-6-13-34)35-20-26-40(27-21-35)52(39-14-7-4-8-15-39)41-28-22-36(23-29-41)42-17-11-19-49-50(42)44-16-9-10-18-48(44)53-49/h4-5,7-33H,3,6H2,1-2H3. The molecule has 8 aromatic rings. The molecule has 0 aliphatic heterocycles. The molecule has 7 aromatic carbocycles. The van der Waals surface area contributed by atoms with E-state index in [0.29, 0.717) is 0 Å². The van der Waals surface area contributed by atoms with Crippen molar-refractivity contribution in [1.29, 1.82) is 0 Å². The average molecular weight is 698 g/mol. The minimum absolute atomic E-state index is 0.0439. The molecule has 53 heavy (non-hydrogen) atoms. The summed E-state index contributed by atoms with van der Waals surface area (Å²) in [4.78, 5) is 2.35. The first-order valence-electron chi connectivity index (χ1n) is 18.7. The molecule has 0 N–H and O–H groups in total. The van der Waals surface area contributed by atoms with E-state index in [9.17, 15) is 0 Å². The van der Waals surface area contributed by atoms with Crippen LogP contribution >= 0.6 is 11.3 Å². The van der Waals surface area contributed by atoms with Gasteiger partial charge in [-0.1, -0.05) is 129 Å². The van der Waals surface area contributed by atoms with Crippen LogP contribution in [0.3, 0.4) is 0 Å². The molecule has 0 saturated carbocycles. The predicted octanol–water partition coefficient (Wildman–Crippen LogP) is 14.9. The Morgan fingerprint density at radius 3 is 1.94 bits per heavy atom. The Bertz CT molecular complexity index is 2730. The number of anilines is 3. The minimum Gasteiger partial charge on any atom is -0.311 e. The largest absolute Gasteiger partial charge is 0.311 e. The minimum atomic E-state index is -0.0439. The molecule has 1 aromatic heterocycles. The van der Waals surface area contributed by atoms with E-state index in [-0.39, 0.29) is 5.41 Å². The maximum Gasteiger partial charge on any atom is 0.0462 e. The first-order valence-corrected chi connectivity index (χ1v) is 19.5. The summed E-state index contributed by atoms with van der Waals surface area (Å²) in [6, 6.07) is 58.4. The Labute approximate surface area is 315 Å². The molecule has 0 saturated heterocycles. The Hall–Kier alpha value is -5.96. The van der Waals surface area contributed by atoms with Gasteiger partial charge in [0.2, 0.25) is 0 Å². The number of fused-ring (bicyclic) bond motifs is 6. The number of para-hydroxylation sites is 1. The van der Waals surface area contributed by atoms with Gasteiger partial charge in [-0.3, -0.25) is 0 Å². The fourth-order valence-electron chi connectivity index (χ4n) is 8.57. The molecule has 0 fully saturated rings. The van der Waals surface area contributed by atoms with Crippen molar-refractivity contribution in [3.63, 3.8) is 0 Å². The van der Waals surface area contributed by atoms with Crippen molar-refractivity contribution in [2.24, 2.45) is 0 Å². The van der Waals surface area contributed by atoms with E-state index in [0.717, 1.165) is 29.9 Å².